The van der Waals surface area contributed by atoms with Crippen LogP contribution in [0.4, 0.5) is 11.4 Å². The Labute approximate surface area is 193 Å². The minimum absolute atomic E-state index is 0.0417. The lowest BCUT2D eigenvalue weighted by Gasteiger charge is -2.36. The number of piperazine rings is 1. The van der Waals surface area contributed by atoms with Gasteiger partial charge in [-0.1, -0.05) is 11.6 Å². The summed E-state index contributed by atoms with van der Waals surface area (Å²) in [4.78, 5) is 30.1. The minimum atomic E-state index is -3.59. The van der Waals surface area contributed by atoms with E-state index in [4.69, 9.17) is 11.6 Å². The quantitative estimate of drug-likeness (QED) is 0.664. The molecule has 2 aromatic carbocycles. The second-order valence-corrected chi connectivity index (χ2v) is 10.7. The van der Waals surface area contributed by atoms with Gasteiger partial charge >= 0.3 is 0 Å². The van der Waals surface area contributed by atoms with Crippen molar-refractivity contribution < 1.29 is 18.0 Å². The summed E-state index contributed by atoms with van der Waals surface area (Å²) in [5, 5.41) is 0.684. The molecule has 7 nitrogen and oxygen atoms in total. The number of hydrogen-bond acceptors (Lipinski definition) is 5. The summed E-state index contributed by atoms with van der Waals surface area (Å²) in [6.07, 6.45) is 0.592. The molecule has 32 heavy (non-hydrogen) atoms. The van der Waals surface area contributed by atoms with Crippen LogP contribution in [0.5, 0.6) is 0 Å². The Morgan fingerprint density at radius 3 is 2.31 bits per heavy atom. The molecular formula is C23H26ClN3O4S. The van der Waals surface area contributed by atoms with E-state index in [1.54, 1.807) is 21.9 Å². The fourth-order valence-electron chi connectivity index (χ4n) is 4.26. The Morgan fingerprint density at radius 2 is 1.66 bits per heavy atom. The largest absolute Gasteiger partial charge is 0.368 e. The van der Waals surface area contributed by atoms with E-state index in [-0.39, 0.29) is 28.9 Å². The molecule has 0 spiro atoms. The van der Waals surface area contributed by atoms with E-state index in [1.165, 1.54) is 13.0 Å². The number of anilines is 2. The van der Waals surface area contributed by atoms with Gasteiger partial charge in [-0.25, -0.2) is 8.42 Å². The number of rotatable bonds is 5. The SMILES string of the molecule is CC(=O)N1CCc2cc(S(=O)(=O)CCC(=O)N3CCN(c4ccc(Cl)cc4)CC3)ccc21. The summed E-state index contributed by atoms with van der Waals surface area (Å²) in [7, 11) is -3.59. The molecule has 0 bridgehead atoms. The van der Waals surface area contributed by atoms with Gasteiger partial charge in [0, 0.05) is 62.5 Å². The third kappa shape index (κ3) is 4.76. The van der Waals surface area contributed by atoms with Crippen LogP contribution in [0.3, 0.4) is 0 Å². The highest BCUT2D eigenvalue weighted by Crippen LogP contribution is 2.30. The van der Waals surface area contributed by atoms with Gasteiger partial charge in [0.2, 0.25) is 11.8 Å². The first-order chi connectivity index (χ1) is 15.2. The third-order valence-electron chi connectivity index (χ3n) is 6.09. The second kappa shape index (κ2) is 9.11. The molecule has 2 aliphatic heterocycles. The van der Waals surface area contributed by atoms with E-state index in [2.05, 4.69) is 4.90 Å². The number of fused-ring (bicyclic) bond motifs is 1. The number of halogens is 1. The number of hydrogen-bond donors (Lipinski definition) is 0. The normalized spacial score (nSPS) is 16.2. The first-order valence-corrected chi connectivity index (χ1v) is 12.7. The number of carbonyl (C=O) groups is 2. The second-order valence-electron chi connectivity index (χ2n) is 8.12. The van der Waals surface area contributed by atoms with E-state index in [0.29, 0.717) is 44.2 Å². The lowest BCUT2D eigenvalue weighted by Crippen LogP contribution is -2.49. The van der Waals surface area contributed by atoms with Crippen molar-refractivity contribution in [2.75, 3.05) is 48.3 Å². The molecule has 0 unspecified atom stereocenters. The van der Waals surface area contributed by atoms with Gasteiger partial charge in [-0.2, -0.15) is 0 Å². The summed E-state index contributed by atoms with van der Waals surface area (Å²) >= 11 is 5.94. The van der Waals surface area contributed by atoms with Crippen molar-refractivity contribution >= 4 is 44.6 Å². The molecule has 0 N–H and O–H groups in total. The van der Waals surface area contributed by atoms with Crippen molar-refractivity contribution in [1.29, 1.82) is 0 Å². The Morgan fingerprint density at radius 1 is 0.969 bits per heavy atom. The van der Waals surface area contributed by atoms with Crippen LogP contribution in [0.1, 0.15) is 18.9 Å². The Hall–Kier alpha value is -2.58. The average Bonchev–Trinajstić information content (AvgIpc) is 3.22. The van der Waals surface area contributed by atoms with Crippen molar-refractivity contribution in [3.63, 3.8) is 0 Å². The maximum atomic E-state index is 12.8. The topological polar surface area (TPSA) is 78.0 Å². The molecule has 9 heteroatoms. The Kier molecular flexibility index (Phi) is 6.44. The van der Waals surface area contributed by atoms with Crippen LogP contribution in [-0.4, -0.2) is 63.6 Å². The molecule has 2 heterocycles. The highest BCUT2D eigenvalue weighted by Gasteiger charge is 2.27. The van der Waals surface area contributed by atoms with Gasteiger partial charge in [0.1, 0.15) is 0 Å². The minimum Gasteiger partial charge on any atom is -0.368 e. The molecule has 2 amide bonds. The predicted octanol–water partition coefficient (Wildman–Crippen LogP) is 2.76. The molecule has 0 aliphatic carbocycles. The maximum Gasteiger partial charge on any atom is 0.223 e. The lowest BCUT2D eigenvalue weighted by molar-refractivity contribution is -0.131. The summed E-state index contributed by atoms with van der Waals surface area (Å²) in [6.45, 7) is 4.56. The van der Waals surface area contributed by atoms with Crippen LogP contribution in [0.25, 0.3) is 0 Å². The van der Waals surface area contributed by atoms with Gasteiger partial charge in [0.25, 0.3) is 0 Å². The zero-order chi connectivity index (χ0) is 22.9. The van der Waals surface area contributed by atoms with Crippen LogP contribution >= 0.6 is 11.6 Å². The molecule has 170 valence electrons. The highest BCUT2D eigenvalue weighted by molar-refractivity contribution is 7.91. The molecule has 1 fully saturated rings. The third-order valence-corrected chi connectivity index (χ3v) is 8.06. The van der Waals surface area contributed by atoms with Crippen LogP contribution in [-0.2, 0) is 25.8 Å². The van der Waals surface area contributed by atoms with E-state index in [1.807, 2.05) is 24.3 Å². The zero-order valence-corrected chi connectivity index (χ0v) is 19.5. The maximum absolute atomic E-state index is 12.8. The van der Waals surface area contributed by atoms with Gasteiger partial charge in [0.05, 0.1) is 10.6 Å². The van der Waals surface area contributed by atoms with Crippen molar-refractivity contribution in [2.45, 2.75) is 24.7 Å². The molecular weight excluding hydrogens is 450 g/mol. The summed E-state index contributed by atoms with van der Waals surface area (Å²) < 4.78 is 25.7. The van der Waals surface area contributed by atoms with Crippen molar-refractivity contribution in [1.82, 2.24) is 4.90 Å². The van der Waals surface area contributed by atoms with Gasteiger partial charge in [-0.3, -0.25) is 9.59 Å². The lowest BCUT2D eigenvalue weighted by atomic mass is 10.2. The molecule has 4 rings (SSSR count). The van der Waals surface area contributed by atoms with Gasteiger partial charge < -0.3 is 14.7 Å². The molecule has 0 saturated carbocycles. The van der Waals surface area contributed by atoms with Crippen molar-refractivity contribution in [2.24, 2.45) is 0 Å². The number of amides is 2. The monoisotopic (exact) mass is 475 g/mol. The van der Waals surface area contributed by atoms with E-state index in [9.17, 15) is 18.0 Å². The predicted molar refractivity (Wildman–Crippen MR) is 125 cm³/mol. The molecule has 0 atom stereocenters. The number of sulfone groups is 1. The van der Waals surface area contributed by atoms with Crippen LogP contribution in [0.2, 0.25) is 5.02 Å². The van der Waals surface area contributed by atoms with Crippen LogP contribution in [0.15, 0.2) is 47.4 Å². The van der Waals surface area contributed by atoms with Gasteiger partial charge in [-0.15, -0.1) is 0 Å². The van der Waals surface area contributed by atoms with Gasteiger partial charge in [0.15, 0.2) is 9.84 Å². The fraction of sp³-hybridized carbons (Fsp3) is 0.391. The van der Waals surface area contributed by atoms with Crippen LogP contribution < -0.4 is 9.80 Å². The smallest absolute Gasteiger partial charge is 0.223 e. The number of carbonyl (C=O) groups excluding carboxylic acids is 2. The Balaban J connectivity index is 1.33. The molecule has 0 radical (unpaired) electrons. The standard InChI is InChI=1S/C23H26ClN3O4S/c1-17(28)27-10-8-18-16-21(6-7-22(18)27)32(30,31)15-9-23(29)26-13-11-25(12-14-26)20-4-2-19(24)3-5-20/h2-7,16H,8-15H2,1H3. The fourth-order valence-corrected chi connectivity index (χ4v) is 5.66. The summed E-state index contributed by atoms with van der Waals surface area (Å²) in [5.41, 5.74) is 2.68. The molecule has 1 saturated heterocycles. The van der Waals surface area contributed by atoms with E-state index in [0.717, 1.165) is 16.9 Å². The van der Waals surface area contributed by atoms with Gasteiger partial charge in [-0.05, 0) is 54.4 Å². The Bertz CT molecular complexity index is 1130. The van der Waals surface area contributed by atoms with E-state index >= 15 is 0 Å². The first-order valence-electron chi connectivity index (χ1n) is 10.7. The summed E-state index contributed by atoms with van der Waals surface area (Å²) in [6, 6.07) is 12.5. The molecule has 2 aromatic rings. The molecule has 0 aromatic heterocycles. The highest BCUT2D eigenvalue weighted by atomic mass is 35.5. The summed E-state index contributed by atoms with van der Waals surface area (Å²) in [5.74, 6) is -0.423. The van der Waals surface area contributed by atoms with E-state index < -0.39 is 9.84 Å². The van der Waals surface area contributed by atoms with Crippen molar-refractivity contribution in [3.8, 4) is 0 Å². The van der Waals surface area contributed by atoms with Crippen molar-refractivity contribution in [3.05, 3.63) is 53.1 Å². The average molecular weight is 476 g/mol. The number of benzene rings is 2. The van der Waals surface area contributed by atoms with Crippen LogP contribution in [0, 0.1) is 0 Å². The first kappa shape index (κ1) is 22.6. The molecule has 2 aliphatic rings. The zero-order valence-electron chi connectivity index (χ0n) is 18.0. The number of nitrogens with zero attached hydrogens (tertiary/aromatic N) is 3.